The molecule has 0 aliphatic carbocycles. The number of aryl methyl sites for hydroxylation is 1. The first-order valence-electron chi connectivity index (χ1n) is 6.57. The van der Waals surface area contributed by atoms with Crippen molar-refractivity contribution >= 4 is 5.78 Å². The van der Waals surface area contributed by atoms with E-state index in [2.05, 4.69) is 0 Å². The first-order valence-corrected chi connectivity index (χ1v) is 6.57. The lowest BCUT2D eigenvalue weighted by molar-refractivity contribution is 0.0818. The van der Waals surface area contributed by atoms with Gasteiger partial charge in [0.25, 0.3) is 0 Å². The Labute approximate surface area is 118 Å². The number of ether oxygens (including phenoxy) is 1. The van der Waals surface area contributed by atoms with Crippen LogP contribution in [0.5, 0.6) is 5.75 Å². The van der Waals surface area contributed by atoms with Crippen LogP contribution in [0.4, 0.5) is 0 Å². The summed E-state index contributed by atoms with van der Waals surface area (Å²) in [6.45, 7) is 3.67. The van der Waals surface area contributed by atoms with Crippen molar-refractivity contribution < 1.29 is 14.6 Å². The molecule has 0 bridgehead atoms. The van der Waals surface area contributed by atoms with E-state index in [9.17, 15) is 4.79 Å². The fourth-order valence-electron chi connectivity index (χ4n) is 1.93. The zero-order valence-electron chi connectivity index (χ0n) is 11.7. The molecule has 104 valence electrons. The van der Waals surface area contributed by atoms with Crippen LogP contribution >= 0.6 is 0 Å². The highest BCUT2D eigenvalue weighted by atomic mass is 16.5. The van der Waals surface area contributed by atoms with E-state index in [0.717, 1.165) is 11.1 Å². The summed E-state index contributed by atoms with van der Waals surface area (Å²) in [4.78, 5) is 12.2. The van der Waals surface area contributed by atoms with Gasteiger partial charge in [0.1, 0.15) is 5.75 Å². The van der Waals surface area contributed by atoms with Gasteiger partial charge in [-0.05, 0) is 31.5 Å². The van der Waals surface area contributed by atoms with Crippen LogP contribution in [0.3, 0.4) is 0 Å². The maximum Gasteiger partial charge on any atom is 0.202 e. The summed E-state index contributed by atoms with van der Waals surface area (Å²) in [6.07, 6.45) is -0.563. The number of ketones is 1. The van der Waals surface area contributed by atoms with Crippen LogP contribution in [0, 0.1) is 6.92 Å². The third kappa shape index (κ3) is 3.45. The van der Waals surface area contributed by atoms with Crippen molar-refractivity contribution in [1.82, 2.24) is 0 Å². The number of benzene rings is 2. The average molecular weight is 270 g/mol. The van der Waals surface area contributed by atoms with E-state index in [0.29, 0.717) is 11.3 Å². The van der Waals surface area contributed by atoms with Gasteiger partial charge in [-0.2, -0.15) is 0 Å². The molecule has 0 fully saturated rings. The molecule has 1 atom stereocenters. The van der Waals surface area contributed by atoms with Gasteiger partial charge in [0, 0.05) is 5.56 Å². The number of rotatable bonds is 5. The molecule has 0 amide bonds. The van der Waals surface area contributed by atoms with Crippen LogP contribution in [-0.2, 0) is 6.61 Å². The fourth-order valence-corrected chi connectivity index (χ4v) is 1.93. The fraction of sp³-hybridized carbons (Fsp3) is 0.235. The van der Waals surface area contributed by atoms with E-state index in [1.54, 1.807) is 31.2 Å². The maximum absolute atomic E-state index is 12.2. The largest absolute Gasteiger partial charge is 0.483 e. The zero-order valence-corrected chi connectivity index (χ0v) is 11.7. The summed E-state index contributed by atoms with van der Waals surface area (Å²) in [5.74, 6) is 0.531. The molecule has 0 saturated carbocycles. The molecular formula is C17H18O3. The topological polar surface area (TPSA) is 46.5 Å². The number of aliphatic hydroxyl groups is 1. The number of aliphatic hydroxyl groups excluding tert-OH is 1. The highest BCUT2D eigenvalue weighted by Gasteiger charge is 2.16. The Balaban J connectivity index is 2.09. The summed E-state index contributed by atoms with van der Waals surface area (Å²) in [5.41, 5.74) is 2.52. The van der Waals surface area contributed by atoms with Gasteiger partial charge < -0.3 is 9.84 Å². The summed E-state index contributed by atoms with van der Waals surface area (Å²) in [7, 11) is 0. The van der Waals surface area contributed by atoms with Crippen molar-refractivity contribution in [2.45, 2.75) is 26.6 Å². The van der Waals surface area contributed by atoms with Crippen molar-refractivity contribution in [2.75, 3.05) is 0 Å². The normalized spacial score (nSPS) is 11.9. The number of carbonyl (C=O) groups is 1. The molecule has 1 N–H and O–H groups in total. The second-order valence-electron chi connectivity index (χ2n) is 4.80. The van der Waals surface area contributed by atoms with Crippen LogP contribution < -0.4 is 4.74 Å². The zero-order chi connectivity index (χ0) is 14.5. The summed E-state index contributed by atoms with van der Waals surface area (Å²) < 4.78 is 5.64. The first-order chi connectivity index (χ1) is 9.60. The molecule has 0 aliphatic heterocycles. The van der Waals surface area contributed by atoms with Gasteiger partial charge in [0.15, 0.2) is 6.10 Å². The standard InChI is InChI=1S/C17H18O3/c1-12-6-8-15(9-7-12)17(19)13(2)20-16-5-3-4-14(10-16)11-18/h3-10,13,18H,11H2,1-2H3. The Bertz CT molecular complexity index is 587. The molecule has 3 heteroatoms. The van der Waals surface area contributed by atoms with Crippen LogP contribution in [0.2, 0.25) is 0 Å². The monoisotopic (exact) mass is 270 g/mol. The number of carbonyl (C=O) groups excluding carboxylic acids is 1. The van der Waals surface area contributed by atoms with E-state index < -0.39 is 6.10 Å². The van der Waals surface area contributed by atoms with Crippen molar-refractivity contribution in [1.29, 1.82) is 0 Å². The van der Waals surface area contributed by atoms with Crippen molar-refractivity contribution in [3.05, 3.63) is 65.2 Å². The van der Waals surface area contributed by atoms with Crippen LogP contribution in [0.25, 0.3) is 0 Å². The van der Waals surface area contributed by atoms with Gasteiger partial charge in [-0.15, -0.1) is 0 Å². The van der Waals surface area contributed by atoms with Gasteiger partial charge in [-0.25, -0.2) is 0 Å². The molecule has 3 nitrogen and oxygen atoms in total. The third-order valence-corrected chi connectivity index (χ3v) is 3.10. The van der Waals surface area contributed by atoms with Gasteiger partial charge in [0.05, 0.1) is 6.61 Å². The molecule has 0 aromatic heterocycles. The Hall–Kier alpha value is -2.13. The second-order valence-corrected chi connectivity index (χ2v) is 4.80. The van der Waals surface area contributed by atoms with Crippen molar-refractivity contribution in [3.8, 4) is 5.75 Å². The Morgan fingerprint density at radius 1 is 1.20 bits per heavy atom. The lowest BCUT2D eigenvalue weighted by Gasteiger charge is -2.14. The van der Waals surface area contributed by atoms with Gasteiger partial charge >= 0.3 is 0 Å². The highest BCUT2D eigenvalue weighted by Crippen LogP contribution is 2.17. The van der Waals surface area contributed by atoms with Crippen LogP contribution in [0.1, 0.15) is 28.4 Å². The molecule has 2 rings (SSSR count). The third-order valence-electron chi connectivity index (χ3n) is 3.10. The average Bonchev–Trinajstić information content (AvgIpc) is 2.47. The summed E-state index contributed by atoms with van der Waals surface area (Å²) in [5, 5.41) is 9.09. The molecule has 2 aromatic carbocycles. The molecule has 0 saturated heterocycles. The van der Waals surface area contributed by atoms with Crippen LogP contribution in [-0.4, -0.2) is 17.0 Å². The minimum atomic E-state index is -0.563. The quantitative estimate of drug-likeness (QED) is 0.849. The number of hydrogen-bond donors (Lipinski definition) is 1. The molecule has 0 aliphatic rings. The lowest BCUT2D eigenvalue weighted by atomic mass is 10.1. The first kappa shape index (κ1) is 14.3. The molecule has 0 heterocycles. The molecule has 0 spiro atoms. The van der Waals surface area contributed by atoms with E-state index in [1.165, 1.54) is 0 Å². The smallest absolute Gasteiger partial charge is 0.202 e. The highest BCUT2D eigenvalue weighted by molar-refractivity contribution is 5.99. The Kier molecular flexibility index (Phi) is 4.53. The molecule has 0 radical (unpaired) electrons. The van der Waals surface area contributed by atoms with E-state index in [-0.39, 0.29) is 12.4 Å². The molecule has 1 unspecified atom stereocenters. The Morgan fingerprint density at radius 2 is 1.90 bits per heavy atom. The minimum Gasteiger partial charge on any atom is -0.483 e. The van der Waals surface area contributed by atoms with Gasteiger partial charge in [-0.1, -0.05) is 42.0 Å². The second kappa shape index (κ2) is 6.35. The van der Waals surface area contributed by atoms with E-state index in [4.69, 9.17) is 9.84 Å². The van der Waals surface area contributed by atoms with Crippen LogP contribution in [0.15, 0.2) is 48.5 Å². The van der Waals surface area contributed by atoms with Crippen molar-refractivity contribution in [3.63, 3.8) is 0 Å². The SMILES string of the molecule is Cc1ccc(C(=O)C(C)Oc2cccc(CO)c2)cc1. The minimum absolute atomic E-state index is 0.0442. The molecule has 20 heavy (non-hydrogen) atoms. The van der Waals surface area contributed by atoms with Gasteiger partial charge in [0.2, 0.25) is 5.78 Å². The maximum atomic E-state index is 12.2. The Morgan fingerprint density at radius 3 is 2.55 bits per heavy atom. The number of Topliss-reactive ketones (excluding diaryl/α,β-unsaturated/α-hetero) is 1. The number of hydrogen-bond acceptors (Lipinski definition) is 3. The summed E-state index contributed by atoms with van der Waals surface area (Å²) >= 11 is 0. The lowest BCUT2D eigenvalue weighted by Crippen LogP contribution is -2.23. The van der Waals surface area contributed by atoms with Gasteiger partial charge in [-0.3, -0.25) is 4.79 Å². The van der Waals surface area contributed by atoms with Crippen molar-refractivity contribution in [2.24, 2.45) is 0 Å². The predicted octanol–water partition coefficient (Wildman–Crippen LogP) is 3.14. The molecular weight excluding hydrogens is 252 g/mol. The predicted molar refractivity (Wildman–Crippen MR) is 78.0 cm³/mol. The summed E-state index contributed by atoms with van der Waals surface area (Å²) in [6, 6.07) is 14.5. The van der Waals surface area contributed by atoms with E-state index in [1.807, 2.05) is 31.2 Å². The van der Waals surface area contributed by atoms with E-state index >= 15 is 0 Å². The molecule has 2 aromatic rings.